The Morgan fingerprint density at radius 2 is 1.93 bits per heavy atom. The van der Waals surface area contributed by atoms with E-state index in [1.807, 2.05) is 12.1 Å². The molecule has 0 bridgehead atoms. The van der Waals surface area contributed by atoms with Gasteiger partial charge in [-0.2, -0.15) is 5.10 Å². The second-order valence-corrected chi connectivity index (χ2v) is 7.68. The second kappa shape index (κ2) is 9.78. The number of carbonyl (C=O) groups excluding carboxylic acids is 1. The first-order valence-corrected chi connectivity index (χ1v) is 9.96. The third-order valence-corrected chi connectivity index (χ3v) is 4.97. The summed E-state index contributed by atoms with van der Waals surface area (Å²) in [7, 11) is 0. The summed E-state index contributed by atoms with van der Waals surface area (Å²) in [5.41, 5.74) is 3.96. The van der Waals surface area contributed by atoms with Crippen molar-refractivity contribution in [3.05, 3.63) is 91.9 Å². The van der Waals surface area contributed by atoms with Crippen LogP contribution >= 0.6 is 39.1 Å². The minimum atomic E-state index is -0.536. The van der Waals surface area contributed by atoms with E-state index >= 15 is 0 Å². The average molecular weight is 494 g/mol. The fourth-order valence-corrected chi connectivity index (χ4v) is 3.25. The molecule has 1 amide bonds. The van der Waals surface area contributed by atoms with Gasteiger partial charge in [0.2, 0.25) is 0 Å². The van der Waals surface area contributed by atoms with Gasteiger partial charge in [-0.15, -0.1) is 0 Å². The van der Waals surface area contributed by atoms with Crippen LogP contribution in [0.25, 0.3) is 0 Å². The smallest absolute Gasteiger partial charge is 0.275 e. The lowest BCUT2D eigenvalue weighted by molar-refractivity contribution is 0.0952. The summed E-state index contributed by atoms with van der Waals surface area (Å²) in [6, 6.07) is 17.0. The van der Waals surface area contributed by atoms with Crippen LogP contribution in [0.4, 0.5) is 0 Å². The van der Waals surface area contributed by atoms with Crippen molar-refractivity contribution in [1.82, 2.24) is 5.43 Å². The van der Waals surface area contributed by atoms with Crippen molar-refractivity contribution in [2.75, 3.05) is 0 Å². The topological polar surface area (TPSA) is 70.9 Å². The molecule has 2 N–H and O–H groups in total. The molecule has 0 aromatic heterocycles. The maximum absolute atomic E-state index is 12.2. The SMILES string of the molecule is O=C(N/N=C\c1ccccc1OCc1ccc(Cl)cc1Cl)c1cc(Br)ccc1O. The molecule has 0 radical (unpaired) electrons. The molecular weight excluding hydrogens is 479 g/mol. The van der Waals surface area contributed by atoms with E-state index in [-0.39, 0.29) is 17.9 Å². The molecule has 0 saturated carbocycles. The fourth-order valence-electron chi connectivity index (χ4n) is 2.42. The number of phenolic OH excluding ortho intramolecular Hbond substituents is 1. The molecule has 0 aliphatic carbocycles. The minimum absolute atomic E-state index is 0.110. The molecule has 5 nitrogen and oxygen atoms in total. The highest BCUT2D eigenvalue weighted by Crippen LogP contribution is 2.24. The predicted octanol–water partition coefficient (Wildman–Crippen LogP) is 5.80. The van der Waals surface area contributed by atoms with Crippen molar-refractivity contribution in [2.24, 2.45) is 5.10 Å². The number of amides is 1. The van der Waals surface area contributed by atoms with Crippen molar-refractivity contribution in [2.45, 2.75) is 6.61 Å². The standard InChI is InChI=1S/C21H15BrCl2N2O3/c22-15-6-8-19(27)17(9-15)21(28)26-25-11-13-3-1-2-4-20(13)29-12-14-5-7-16(23)10-18(14)24/h1-11,27H,12H2,(H,26,28)/b25-11-. The van der Waals surface area contributed by atoms with Crippen molar-refractivity contribution in [1.29, 1.82) is 0 Å². The summed E-state index contributed by atoms with van der Waals surface area (Å²) in [4.78, 5) is 12.2. The highest BCUT2D eigenvalue weighted by Gasteiger charge is 2.11. The van der Waals surface area contributed by atoms with E-state index in [0.717, 1.165) is 5.56 Å². The van der Waals surface area contributed by atoms with Gasteiger partial charge in [0.25, 0.3) is 5.91 Å². The van der Waals surface area contributed by atoms with Crippen LogP contribution in [-0.4, -0.2) is 17.2 Å². The molecule has 0 heterocycles. The molecule has 0 atom stereocenters. The Hall–Kier alpha value is -2.54. The summed E-state index contributed by atoms with van der Waals surface area (Å²) in [6.45, 7) is 0.249. The third-order valence-electron chi connectivity index (χ3n) is 3.89. The number of ether oxygens (including phenoxy) is 1. The number of hydrazone groups is 1. The number of para-hydroxylation sites is 1. The van der Waals surface area contributed by atoms with Gasteiger partial charge in [0.15, 0.2) is 0 Å². The first kappa shape index (κ1) is 21.2. The lowest BCUT2D eigenvalue weighted by atomic mass is 10.2. The number of carbonyl (C=O) groups is 1. The van der Waals surface area contributed by atoms with Crippen LogP contribution in [0.1, 0.15) is 21.5 Å². The van der Waals surface area contributed by atoms with Gasteiger partial charge in [-0.3, -0.25) is 4.79 Å². The molecule has 0 aliphatic heterocycles. The molecule has 0 aliphatic rings. The maximum atomic E-state index is 12.2. The van der Waals surface area contributed by atoms with E-state index in [1.54, 1.807) is 36.4 Å². The van der Waals surface area contributed by atoms with Gasteiger partial charge in [-0.05, 0) is 42.5 Å². The molecular formula is C21H15BrCl2N2O3. The average Bonchev–Trinajstić information content (AvgIpc) is 2.70. The summed E-state index contributed by atoms with van der Waals surface area (Å²) in [5.74, 6) is -0.0994. The van der Waals surface area contributed by atoms with Gasteiger partial charge < -0.3 is 9.84 Å². The van der Waals surface area contributed by atoms with Gasteiger partial charge in [-0.1, -0.05) is 57.3 Å². The third kappa shape index (κ3) is 5.73. The van der Waals surface area contributed by atoms with E-state index in [1.165, 1.54) is 18.3 Å². The van der Waals surface area contributed by atoms with Gasteiger partial charge in [0.1, 0.15) is 18.1 Å². The Labute approximate surface area is 186 Å². The summed E-state index contributed by atoms with van der Waals surface area (Å²) < 4.78 is 6.51. The largest absolute Gasteiger partial charge is 0.507 e. The first-order valence-electron chi connectivity index (χ1n) is 8.41. The highest BCUT2D eigenvalue weighted by atomic mass is 79.9. The van der Waals surface area contributed by atoms with Crippen molar-refractivity contribution < 1.29 is 14.6 Å². The zero-order chi connectivity index (χ0) is 20.8. The Morgan fingerprint density at radius 3 is 2.72 bits per heavy atom. The zero-order valence-electron chi connectivity index (χ0n) is 14.9. The van der Waals surface area contributed by atoms with Crippen molar-refractivity contribution in [3.63, 3.8) is 0 Å². The maximum Gasteiger partial charge on any atom is 0.275 e. The molecule has 0 spiro atoms. The number of hydrogen-bond acceptors (Lipinski definition) is 4. The molecule has 0 saturated heterocycles. The Kier molecular flexibility index (Phi) is 7.14. The van der Waals surface area contributed by atoms with Crippen LogP contribution in [0, 0.1) is 0 Å². The van der Waals surface area contributed by atoms with E-state index in [2.05, 4.69) is 26.5 Å². The molecule has 0 fully saturated rings. The molecule has 29 heavy (non-hydrogen) atoms. The Balaban J connectivity index is 1.68. The first-order chi connectivity index (χ1) is 13.9. The van der Waals surface area contributed by atoms with Crippen LogP contribution in [0.15, 0.2) is 70.2 Å². The zero-order valence-corrected chi connectivity index (χ0v) is 18.0. The quantitative estimate of drug-likeness (QED) is 0.336. The molecule has 3 aromatic rings. The number of phenols is 1. The van der Waals surface area contributed by atoms with Crippen molar-refractivity contribution >= 4 is 51.3 Å². The minimum Gasteiger partial charge on any atom is -0.507 e. The molecule has 8 heteroatoms. The van der Waals surface area contributed by atoms with Gasteiger partial charge in [-0.25, -0.2) is 5.43 Å². The van der Waals surface area contributed by atoms with E-state index in [9.17, 15) is 9.90 Å². The molecule has 3 rings (SSSR count). The summed E-state index contributed by atoms with van der Waals surface area (Å²) >= 11 is 15.3. The fraction of sp³-hybridized carbons (Fsp3) is 0.0476. The summed E-state index contributed by atoms with van der Waals surface area (Å²) in [6.07, 6.45) is 1.46. The normalized spacial score (nSPS) is 10.9. The van der Waals surface area contributed by atoms with E-state index < -0.39 is 5.91 Å². The van der Waals surface area contributed by atoms with Crippen LogP contribution in [-0.2, 0) is 6.61 Å². The lowest BCUT2D eigenvalue weighted by Gasteiger charge is -2.10. The van der Waals surface area contributed by atoms with Gasteiger partial charge in [0.05, 0.1) is 11.8 Å². The number of nitrogens with zero attached hydrogens (tertiary/aromatic N) is 1. The Bertz CT molecular complexity index is 1070. The van der Waals surface area contributed by atoms with Crippen molar-refractivity contribution in [3.8, 4) is 11.5 Å². The monoisotopic (exact) mass is 492 g/mol. The Morgan fingerprint density at radius 1 is 1.14 bits per heavy atom. The number of benzene rings is 3. The number of hydrogen-bond donors (Lipinski definition) is 2. The summed E-state index contributed by atoms with van der Waals surface area (Å²) in [5, 5.41) is 14.8. The molecule has 3 aromatic carbocycles. The number of halogens is 3. The molecule has 148 valence electrons. The van der Waals surface area contributed by atoms with Crippen LogP contribution in [0.2, 0.25) is 10.0 Å². The van der Waals surface area contributed by atoms with E-state index in [4.69, 9.17) is 27.9 Å². The van der Waals surface area contributed by atoms with Crippen LogP contribution < -0.4 is 10.2 Å². The second-order valence-electron chi connectivity index (χ2n) is 5.92. The van der Waals surface area contributed by atoms with Crippen LogP contribution in [0.5, 0.6) is 11.5 Å². The number of nitrogens with one attached hydrogen (secondary N) is 1. The molecule has 0 unspecified atom stereocenters. The highest BCUT2D eigenvalue weighted by molar-refractivity contribution is 9.10. The van der Waals surface area contributed by atoms with Gasteiger partial charge >= 0.3 is 0 Å². The van der Waals surface area contributed by atoms with Crippen LogP contribution in [0.3, 0.4) is 0 Å². The van der Waals surface area contributed by atoms with Gasteiger partial charge in [0, 0.05) is 25.6 Å². The predicted molar refractivity (Wildman–Crippen MR) is 118 cm³/mol. The number of aromatic hydroxyl groups is 1. The number of rotatable bonds is 6. The lowest BCUT2D eigenvalue weighted by Crippen LogP contribution is -2.17. The van der Waals surface area contributed by atoms with E-state index in [0.29, 0.717) is 25.8 Å².